The Labute approximate surface area is 102 Å². The molecule has 2 heteroatoms. The van der Waals surface area contributed by atoms with Crippen molar-refractivity contribution in [2.45, 2.75) is 65.5 Å². The van der Waals surface area contributed by atoms with Gasteiger partial charge in [0.25, 0.3) is 0 Å². The van der Waals surface area contributed by atoms with Crippen LogP contribution in [-0.4, -0.2) is 36.6 Å². The maximum Gasteiger partial charge on any atom is 0.0195 e. The van der Waals surface area contributed by atoms with Crippen LogP contribution in [0.25, 0.3) is 0 Å². The lowest BCUT2D eigenvalue weighted by molar-refractivity contribution is 0.0924. The van der Waals surface area contributed by atoms with Crippen LogP contribution in [0, 0.1) is 5.92 Å². The van der Waals surface area contributed by atoms with Gasteiger partial charge in [0.05, 0.1) is 0 Å². The largest absolute Gasteiger partial charge is 0.314 e. The molecule has 0 aromatic heterocycles. The fourth-order valence-electron chi connectivity index (χ4n) is 2.75. The molecular formula is C14H30N2. The second kappa shape index (κ2) is 7.29. The number of piperazine rings is 1. The molecule has 1 aliphatic rings. The van der Waals surface area contributed by atoms with Gasteiger partial charge < -0.3 is 5.32 Å². The van der Waals surface area contributed by atoms with Gasteiger partial charge >= 0.3 is 0 Å². The Bertz CT molecular complexity index is 172. The molecule has 0 amide bonds. The van der Waals surface area contributed by atoms with Crippen molar-refractivity contribution in [1.29, 1.82) is 0 Å². The number of hydrogen-bond acceptors (Lipinski definition) is 2. The van der Waals surface area contributed by atoms with Crippen LogP contribution in [0.1, 0.15) is 53.4 Å². The molecule has 0 radical (unpaired) electrons. The second-order valence-electron chi connectivity index (χ2n) is 5.47. The monoisotopic (exact) mass is 226 g/mol. The average molecular weight is 226 g/mol. The van der Waals surface area contributed by atoms with E-state index in [1.807, 2.05) is 0 Å². The lowest BCUT2D eigenvalue weighted by Gasteiger charge is -2.41. The normalized spacial score (nSPS) is 29.2. The summed E-state index contributed by atoms with van der Waals surface area (Å²) in [5.74, 6) is 0.906. The van der Waals surface area contributed by atoms with Crippen LogP contribution in [0.4, 0.5) is 0 Å². The van der Waals surface area contributed by atoms with E-state index in [9.17, 15) is 0 Å². The summed E-state index contributed by atoms with van der Waals surface area (Å²) in [7, 11) is 0. The predicted molar refractivity (Wildman–Crippen MR) is 71.8 cm³/mol. The molecule has 3 atom stereocenters. The van der Waals surface area contributed by atoms with E-state index in [0.717, 1.165) is 19.0 Å². The van der Waals surface area contributed by atoms with E-state index in [-0.39, 0.29) is 0 Å². The standard InChI is InChI=1S/C14H30N2/c1-5-7-8-14(6-2)11-16-12(3)9-15-10-13(16)4/h12-15H,5-11H2,1-4H3. The van der Waals surface area contributed by atoms with Crippen LogP contribution in [-0.2, 0) is 0 Å². The van der Waals surface area contributed by atoms with Crippen LogP contribution in [0.2, 0.25) is 0 Å². The van der Waals surface area contributed by atoms with Crippen LogP contribution in [0.3, 0.4) is 0 Å². The summed E-state index contributed by atoms with van der Waals surface area (Å²) < 4.78 is 0. The van der Waals surface area contributed by atoms with Gasteiger partial charge in [-0.25, -0.2) is 0 Å². The number of nitrogens with one attached hydrogen (secondary N) is 1. The molecule has 1 saturated heterocycles. The van der Waals surface area contributed by atoms with Gasteiger partial charge in [-0.3, -0.25) is 4.90 Å². The van der Waals surface area contributed by atoms with E-state index in [1.165, 1.54) is 32.2 Å². The fourth-order valence-corrected chi connectivity index (χ4v) is 2.75. The quantitative estimate of drug-likeness (QED) is 0.749. The molecule has 0 spiro atoms. The molecule has 0 aliphatic carbocycles. The Balaban J connectivity index is 2.41. The first-order valence-corrected chi connectivity index (χ1v) is 7.15. The van der Waals surface area contributed by atoms with E-state index in [2.05, 4.69) is 37.9 Å². The van der Waals surface area contributed by atoms with Gasteiger partial charge in [-0.15, -0.1) is 0 Å². The lowest BCUT2D eigenvalue weighted by atomic mass is 9.96. The van der Waals surface area contributed by atoms with Crippen molar-refractivity contribution in [3.05, 3.63) is 0 Å². The minimum Gasteiger partial charge on any atom is -0.314 e. The zero-order chi connectivity index (χ0) is 12.0. The van der Waals surface area contributed by atoms with Crippen LogP contribution < -0.4 is 5.32 Å². The first kappa shape index (κ1) is 14.0. The highest BCUT2D eigenvalue weighted by Gasteiger charge is 2.25. The van der Waals surface area contributed by atoms with Gasteiger partial charge in [0, 0.05) is 31.7 Å². The summed E-state index contributed by atoms with van der Waals surface area (Å²) in [6.07, 6.45) is 5.48. The lowest BCUT2D eigenvalue weighted by Crippen LogP contribution is -2.56. The predicted octanol–water partition coefficient (Wildman–Crippen LogP) is 2.89. The van der Waals surface area contributed by atoms with E-state index >= 15 is 0 Å². The first-order valence-electron chi connectivity index (χ1n) is 7.15. The van der Waals surface area contributed by atoms with Crippen molar-refractivity contribution < 1.29 is 0 Å². The highest BCUT2D eigenvalue weighted by atomic mass is 15.2. The Morgan fingerprint density at radius 2 is 1.81 bits per heavy atom. The molecule has 0 bridgehead atoms. The molecule has 1 N–H and O–H groups in total. The fraction of sp³-hybridized carbons (Fsp3) is 1.00. The molecule has 0 aromatic carbocycles. The summed E-state index contributed by atoms with van der Waals surface area (Å²) >= 11 is 0. The summed E-state index contributed by atoms with van der Waals surface area (Å²) in [4.78, 5) is 2.71. The Hall–Kier alpha value is -0.0800. The van der Waals surface area contributed by atoms with Crippen molar-refractivity contribution in [3.8, 4) is 0 Å². The summed E-state index contributed by atoms with van der Waals surface area (Å²) in [6.45, 7) is 13.0. The molecule has 16 heavy (non-hydrogen) atoms. The van der Waals surface area contributed by atoms with E-state index < -0.39 is 0 Å². The van der Waals surface area contributed by atoms with Crippen LogP contribution >= 0.6 is 0 Å². The maximum atomic E-state index is 3.51. The molecular weight excluding hydrogens is 196 g/mol. The zero-order valence-corrected chi connectivity index (χ0v) is 11.6. The molecule has 1 fully saturated rings. The molecule has 96 valence electrons. The Morgan fingerprint density at radius 1 is 1.19 bits per heavy atom. The van der Waals surface area contributed by atoms with E-state index in [0.29, 0.717) is 12.1 Å². The van der Waals surface area contributed by atoms with Crippen LogP contribution in [0.5, 0.6) is 0 Å². The third-order valence-electron chi connectivity index (χ3n) is 4.02. The van der Waals surface area contributed by atoms with Crippen LogP contribution in [0.15, 0.2) is 0 Å². The Morgan fingerprint density at radius 3 is 2.31 bits per heavy atom. The number of rotatable bonds is 6. The molecule has 0 saturated carbocycles. The van der Waals surface area contributed by atoms with Gasteiger partial charge in [-0.1, -0.05) is 33.1 Å². The van der Waals surface area contributed by atoms with Crippen molar-refractivity contribution in [3.63, 3.8) is 0 Å². The molecule has 1 heterocycles. The van der Waals surface area contributed by atoms with Crippen molar-refractivity contribution >= 4 is 0 Å². The molecule has 1 aliphatic heterocycles. The smallest absolute Gasteiger partial charge is 0.0195 e. The minimum absolute atomic E-state index is 0.708. The van der Waals surface area contributed by atoms with E-state index in [4.69, 9.17) is 0 Å². The third kappa shape index (κ3) is 4.06. The SMILES string of the molecule is CCCCC(CC)CN1C(C)CNCC1C. The number of unbranched alkanes of at least 4 members (excludes halogenated alkanes) is 1. The maximum absolute atomic E-state index is 3.51. The summed E-state index contributed by atoms with van der Waals surface area (Å²) in [5, 5.41) is 3.51. The van der Waals surface area contributed by atoms with Gasteiger partial charge in [0.15, 0.2) is 0 Å². The molecule has 0 aromatic rings. The first-order chi connectivity index (χ1) is 7.69. The second-order valence-corrected chi connectivity index (χ2v) is 5.47. The number of hydrogen-bond donors (Lipinski definition) is 1. The van der Waals surface area contributed by atoms with Gasteiger partial charge in [-0.05, 0) is 26.2 Å². The topological polar surface area (TPSA) is 15.3 Å². The summed E-state index contributed by atoms with van der Waals surface area (Å²) in [5.41, 5.74) is 0. The van der Waals surface area contributed by atoms with Crippen molar-refractivity contribution in [2.24, 2.45) is 5.92 Å². The molecule has 2 nitrogen and oxygen atoms in total. The molecule has 1 rings (SSSR count). The van der Waals surface area contributed by atoms with Crippen molar-refractivity contribution in [2.75, 3.05) is 19.6 Å². The highest BCUT2D eigenvalue weighted by molar-refractivity contribution is 4.83. The van der Waals surface area contributed by atoms with E-state index in [1.54, 1.807) is 0 Å². The molecule has 3 unspecified atom stereocenters. The highest BCUT2D eigenvalue weighted by Crippen LogP contribution is 2.18. The van der Waals surface area contributed by atoms with Crippen molar-refractivity contribution in [1.82, 2.24) is 10.2 Å². The minimum atomic E-state index is 0.708. The third-order valence-corrected chi connectivity index (χ3v) is 4.02. The van der Waals surface area contributed by atoms with Gasteiger partial charge in [-0.2, -0.15) is 0 Å². The zero-order valence-electron chi connectivity index (χ0n) is 11.6. The average Bonchev–Trinajstić information content (AvgIpc) is 2.28. The van der Waals surface area contributed by atoms with Gasteiger partial charge in [0.2, 0.25) is 0 Å². The number of nitrogens with zero attached hydrogens (tertiary/aromatic N) is 1. The Kier molecular flexibility index (Phi) is 6.37. The summed E-state index contributed by atoms with van der Waals surface area (Å²) in [6, 6.07) is 1.42. The van der Waals surface area contributed by atoms with Gasteiger partial charge in [0.1, 0.15) is 0 Å².